The van der Waals surface area contributed by atoms with Crippen LogP contribution >= 0.6 is 11.3 Å². The van der Waals surface area contributed by atoms with Gasteiger partial charge in [0.25, 0.3) is 10.0 Å². The minimum atomic E-state index is -3.61. The van der Waals surface area contributed by atoms with Gasteiger partial charge in [-0.3, -0.25) is 9.52 Å². The first-order valence-electron chi connectivity index (χ1n) is 9.84. The van der Waals surface area contributed by atoms with Crippen molar-refractivity contribution in [3.05, 3.63) is 76.4 Å². The van der Waals surface area contributed by atoms with Crippen LogP contribution in [-0.4, -0.2) is 27.7 Å². The lowest BCUT2D eigenvalue weighted by Crippen LogP contribution is -2.27. The zero-order valence-electron chi connectivity index (χ0n) is 17.0. The van der Waals surface area contributed by atoms with E-state index in [0.717, 1.165) is 16.9 Å². The summed E-state index contributed by atoms with van der Waals surface area (Å²) in [4.78, 5) is 12.3. The molecule has 0 fully saturated rings. The Morgan fingerprint density at radius 3 is 2.72 bits per heavy atom. The van der Waals surface area contributed by atoms with E-state index in [9.17, 15) is 17.6 Å². The molecule has 3 aromatic rings. The number of benzene rings is 2. The van der Waals surface area contributed by atoms with Crippen molar-refractivity contribution in [3.8, 4) is 5.75 Å². The van der Waals surface area contributed by atoms with Crippen LogP contribution in [0.2, 0.25) is 0 Å². The Morgan fingerprint density at radius 1 is 1.16 bits per heavy atom. The number of rotatable bonds is 8. The quantitative estimate of drug-likeness (QED) is 0.519. The topological polar surface area (TPSA) is 93.7 Å². The van der Waals surface area contributed by atoms with Gasteiger partial charge >= 0.3 is 0 Å². The number of hydrogen-bond donors (Lipinski definition) is 2. The number of nitrogens with one attached hydrogen (secondary N) is 2. The summed E-state index contributed by atoms with van der Waals surface area (Å²) in [5.41, 5.74) is 2.51. The minimum Gasteiger partial charge on any atom is -0.467 e. The van der Waals surface area contributed by atoms with E-state index >= 15 is 0 Å². The van der Waals surface area contributed by atoms with Gasteiger partial charge in [0.1, 0.15) is 15.8 Å². The molecule has 168 valence electrons. The molecule has 0 atom stereocenters. The molecule has 2 aromatic carbocycles. The van der Waals surface area contributed by atoms with Crippen LogP contribution in [0, 0.1) is 5.82 Å². The van der Waals surface area contributed by atoms with Gasteiger partial charge in [0.05, 0.1) is 13.0 Å². The lowest BCUT2D eigenvalue weighted by molar-refractivity contribution is -0.120. The zero-order chi connectivity index (χ0) is 22.6. The van der Waals surface area contributed by atoms with Crippen LogP contribution in [0.4, 0.5) is 10.1 Å². The van der Waals surface area contributed by atoms with Crippen LogP contribution in [0.15, 0.2) is 58.1 Å². The lowest BCUT2D eigenvalue weighted by atomic mass is 10.1. The Morgan fingerprint density at radius 2 is 1.97 bits per heavy atom. The molecule has 1 aliphatic heterocycles. The van der Waals surface area contributed by atoms with Crippen molar-refractivity contribution in [2.45, 2.75) is 23.7 Å². The van der Waals surface area contributed by atoms with Crippen molar-refractivity contribution in [1.82, 2.24) is 5.32 Å². The molecule has 0 bridgehead atoms. The van der Waals surface area contributed by atoms with Gasteiger partial charge in [0, 0.05) is 17.8 Å². The van der Waals surface area contributed by atoms with Crippen LogP contribution in [0.3, 0.4) is 0 Å². The third kappa shape index (κ3) is 5.45. The first kappa shape index (κ1) is 22.3. The van der Waals surface area contributed by atoms with Crippen LogP contribution in [0.25, 0.3) is 0 Å². The number of hydrogen-bond acceptors (Lipinski definition) is 6. The summed E-state index contributed by atoms with van der Waals surface area (Å²) >= 11 is 1.14. The van der Waals surface area contributed by atoms with Crippen LogP contribution in [-0.2, 0) is 39.0 Å². The number of amides is 1. The molecule has 2 heterocycles. The fourth-order valence-electron chi connectivity index (χ4n) is 3.34. The maximum absolute atomic E-state index is 13.8. The van der Waals surface area contributed by atoms with Crippen molar-refractivity contribution in [2.75, 3.05) is 18.1 Å². The average Bonchev–Trinajstić information content (AvgIpc) is 3.31. The number of anilines is 1. The first-order chi connectivity index (χ1) is 15.4. The molecule has 4 rings (SSSR count). The van der Waals surface area contributed by atoms with E-state index in [1.807, 2.05) is 0 Å². The number of thiophene rings is 1. The molecule has 0 saturated heterocycles. The second kappa shape index (κ2) is 9.68. The van der Waals surface area contributed by atoms with Gasteiger partial charge in [-0.15, -0.1) is 11.3 Å². The highest BCUT2D eigenvalue weighted by atomic mass is 32.2. The number of carbonyl (C=O) groups excluding carboxylic acids is 1. The molecule has 2 N–H and O–H groups in total. The third-order valence-corrected chi connectivity index (χ3v) is 7.58. The lowest BCUT2D eigenvalue weighted by Gasteiger charge is -2.21. The molecule has 32 heavy (non-hydrogen) atoms. The van der Waals surface area contributed by atoms with Gasteiger partial charge in [-0.05, 0) is 53.3 Å². The maximum Gasteiger partial charge on any atom is 0.271 e. The zero-order valence-corrected chi connectivity index (χ0v) is 18.6. The first-order valence-corrected chi connectivity index (χ1v) is 12.2. The van der Waals surface area contributed by atoms with E-state index in [-0.39, 0.29) is 29.1 Å². The van der Waals surface area contributed by atoms with Crippen molar-refractivity contribution >= 4 is 33.0 Å². The molecule has 1 aromatic heterocycles. The van der Waals surface area contributed by atoms with Crippen molar-refractivity contribution < 1.29 is 27.1 Å². The van der Waals surface area contributed by atoms with Gasteiger partial charge in [0.2, 0.25) is 5.91 Å². The fourth-order valence-corrected chi connectivity index (χ4v) is 5.39. The van der Waals surface area contributed by atoms with Gasteiger partial charge in [-0.25, -0.2) is 12.8 Å². The molecule has 10 heteroatoms. The predicted octanol–water partition coefficient (Wildman–Crippen LogP) is 3.46. The van der Waals surface area contributed by atoms with Crippen LogP contribution < -0.4 is 14.8 Å². The summed E-state index contributed by atoms with van der Waals surface area (Å²) in [5.74, 6) is 0.0629. The highest BCUT2D eigenvalue weighted by Gasteiger charge is 2.17. The largest absolute Gasteiger partial charge is 0.467 e. The molecule has 1 amide bonds. The Kier molecular flexibility index (Phi) is 6.73. The van der Waals surface area contributed by atoms with Crippen LogP contribution in [0.5, 0.6) is 5.75 Å². The van der Waals surface area contributed by atoms with Crippen molar-refractivity contribution in [2.24, 2.45) is 0 Å². The van der Waals surface area contributed by atoms with Crippen molar-refractivity contribution in [3.63, 3.8) is 0 Å². The molecule has 7 nitrogen and oxygen atoms in total. The number of carbonyl (C=O) groups is 1. The average molecular weight is 477 g/mol. The number of fused-ring (bicyclic) bond motifs is 1. The molecule has 1 aliphatic rings. The van der Waals surface area contributed by atoms with Gasteiger partial charge in [-0.2, -0.15) is 0 Å². The van der Waals surface area contributed by atoms with E-state index in [1.165, 1.54) is 18.2 Å². The SMILES string of the molecule is O=C(Cc1ccc(NS(=O)(=O)c2cccs2)cc1)NCCc1cc(F)cc2c1OCOC2. The highest BCUT2D eigenvalue weighted by Crippen LogP contribution is 2.29. The molecule has 0 radical (unpaired) electrons. The highest BCUT2D eigenvalue weighted by molar-refractivity contribution is 7.94. The van der Waals surface area contributed by atoms with Gasteiger partial charge in [-0.1, -0.05) is 18.2 Å². The molecule has 0 aliphatic carbocycles. The molecular weight excluding hydrogens is 455 g/mol. The van der Waals surface area contributed by atoms with E-state index in [4.69, 9.17) is 9.47 Å². The number of sulfonamides is 1. The van der Waals surface area contributed by atoms with E-state index in [2.05, 4.69) is 10.0 Å². The summed E-state index contributed by atoms with van der Waals surface area (Å²) in [6.45, 7) is 0.751. The molecule has 0 saturated carbocycles. The summed E-state index contributed by atoms with van der Waals surface area (Å²) in [5, 5.41) is 4.51. The molecular formula is C22H21FN2O5S2. The van der Waals surface area contributed by atoms with Crippen LogP contribution in [0.1, 0.15) is 16.7 Å². The summed E-state index contributed by atoms with van der Waals surface area (Å²) < 4.78 is 51.7. The smallest absolute Gasteiger partial charge is 0.271 e. The van der Waals surface area contributed by atoms with Gasteiger partial charge < -0.3 is 14.8 Å². The second-order valence-corrected chi connectivity index (χ2v) is 10.0. The molecule has 0 spiro atoms. The number of ether oxygens (including phenoxy) is 2. The standard InChI is InChI=1S/C22H21FN2O5S2/c23-18-11-16(22-17(12-18)13-29-14-30-22)7-8-24-20(26)10-15-3-5-19(6-4-15)25-32(27,28)21-2-1-9-31-21/h1-6,9,11-12,25H,7-8,10,13-14H2,(H,24,26). The number of halogens is 1. The summed E-state index contributed by atoms with van der Waals surface area (Å²) in [7, 11) is -3.61. The summed E-state index contributed by atoms with van der Waals surface area (Å²) in [6.07, 6.45) is 0.568. The Labute approximate surface area is 189 Å². The minimum absolute atomic E-state index is 0.122. The Hall–Kier alpha value is -2.95. The Bertz CT molecular complexity index is 1200. The Balaban J connectivity index is 1.29. The van der Waals surface area contributed by atoms with E-state index in [0.29, 0.717) is 42.1 Å². The maximum atomic E-state index is 13.8. The van der Waals surface area contributed by atoms with E-state index < -0.39 is 10.0 Å². The predicted molar refractivity (Wildman–Crippen MR) is 119 cm³/mol. The normalized spacial score (nSPS) is 13.2. The van der Waals surface area contributed by atoms with Crippen molar-refractivity contribution in [1.29, 1.82) is 0 Å². The monoisotopic (exact) mass is 476 g/mol. The molecule has 0 unspecified atom stereocenters. The second-order valence-electron chi connectivity index (χ2n) is 7.18. The third-order valence-electron chi connectivity index (χ3n) is 4.80. The van der Waals surface area contributed by atoms with E-state index in [1.54, 1.807) is 35.7 Å². The summed E-state index contributed by atoms with van der Waals surface area (Å²) in [6, 6.07) is 12.6. The fraction of sp³-hybridized carbons (Fsp3) is 0.227. The van der Waals surface area contributed by atoms with Gasteiger partial charge in [0.15, 0.2) is 6.79 Å².